The Hall–Kier alpha value is -1.95. The summed E-state index contributed by atoms with van der Waals surface area (Å²) in [4.78, 5) is 5.14. The van der Waals surface area contributed by atoms with Crippen LogP contribution >= 0.6 is 11.8 Å². The predicted molar refractivity (Wildman–Crippen MR) is 73.8 cm³/mol. The van der Waals surface area contributed by atoms with E-state index in [1.807, 2.05) is 39.0 Å². The van der Waals surface area contributed by atoms with E-state index in [1.54, 1.807) is 0 Å². The molecule has 0 saturated heterocycles. The van der Waals surface area contributed by atoms with Crippen LogP contribution < -0.4 is 5.73 Å². The molecule has 1 heterocycles. The molecule has 0 atom stereocenters. The highest BCUT2D eigenvalue weighted by Gasteiger charge is 2.13. The van der Waals surface area contributed by atoms with E-state index >= 15 is 0 Å². The fourth-order valence-electron chi connectivity index (χ4n) is 1.57. The molecule has 0 spiro atoms. The zero-order valence-corrected chi connectivity index (χ0v) is 11.8. The molecule has 0 aliphatic rings. The second kappa shape index (κ2) is 5.36. The second-order valence-corrected chi connectivity index (χ2v) is 5.20. The highest BCUT2D eigenvalue weighted by Crippen LogP contribution is 2.31. The molecule has 0 aliphatic heterocycles. The van der Waals surface area contributed by atoms with Crippen LogP contribution in [0, 0.1) is 20.8 Å². The Morgan fingerprint density at radius 3 is 2.68 bits per heavy atom. The average molecular weight is 277 g/mol. The Bertz CT molecular complexity index is 615. The van der Waals surface area contributed by atoms with E-state index in [-0.39, 0.29) is 5.84 Å². The third kappa shape index (κ3) is 2.90. The van der Waals surface area contributed by atoms with Crippen LogP contribution in [0.3, 0.4) is 0 Å². The fraction of sp³-hybridized carbons (Fsp3) is 0.231. The van der Waals surface area contributed by atoms with Gasteiger partial charge >= 0.3 is 0 Å². The number of rotatable bonds is 3. The first-order valence-corrected chi connectivity index (χ1v) is 6.53. The smallest absolute Gasteiger partial charge is 0.261 e. The van der Waals surface area contributed by atoms with Gasteiger partial charge in [0.25, 0.3) is 5.22 Å². The van der Waals surface area contributed by atoms with Gasteiger partial charge in [-0.2, -0.15) is 0 Å². The van der Waals surface area contributed by atoms with Gasteiger partial charge in [0.05, 0.1) is 5.69 Å². The quantitative estimate of drug-likeness (QED) is 0.390. The van der Waals surface area contributed by atoms with Crippen LogP contribution in [0.2, 0.25) is 0 Å². The van der Waals surface area contributed by atoms with Crippen LogP contribution in [0.1, 0.15) is 22.6 Å². The summed E-state index contributed by atoms with van der Waals surface area (Å²) in [6, 6.07) is 5.72. The predicted octanol–water partition coefficient (Wildman–Crippen LogP) is 2.85. The van der Waals surface area contributed by atoms with E-state index in [2.05, 4.69) is 10.1 Å². The van der Waals surface area contributed by atoms with Crippen LogP contribution in [0.4, 0.5) is 0 Å². The molecular weight excluding hydrogens is 262 g/mol. The normalized spacial score (nSPS) is 11.8. The number of oxazole rings is 1. The molecule has 1 aromatic carbocycles. The Morgan fingerprint density at radius 2 is 2.11 bits per heavy atom. The number of hydrogen-bond acceptors (Lipinski definition) is 5. The lowest BCUT2D eigenvalue weighted by Crippen LogP contribution is -2.14. The minimum absolute atomic E-state index is 0.0752. The summed E-state index contributed by atoms with van der Waals surface area (Å²) < 4.78 is 5.53. The molecule has 2 rings (SSSR count). The Morgan fingerprint density at radius 1 is 1.37 bits per heavy atom. The fourth-order valence-corrected chi connectivity index (χ4v) is 2.51. The molecule has 3 N–H and O–H groups in total. The average Bonchev–Trinajstić information content (AvgIpc) is 2.69. The molecule has 0 bridgehead atoms. The number of nitrogens with two attached hydrogens (primary N) is 1. The summed E-state index contributed by atoms with van der Waals surface area (Å²) >= 11 is 1.35. The van der Waals surface area contributed by atoms with Gasteiger partial charge in [-0.25, -0.2) is 4.98 Å². The molecule has 0 amide bonds. The number of nitrogens with zero attached hydrogens (tertiary/aromatic N) is 2. The summed E-state index contributed by atoms with van der Waals surface area (Å²) in [5.74, 6) is 0.867. The van der Waals surface area contributed by atoms with E-state index in [9.17, 15) is 0 Å². The molecule has 5 nitrogen and oxygen atoms in total. The Balaban J connectivity index is 2.39. The largest absolute Gasteiger partial charge is 0.436 e. The first-order valence-electron chi connectivity index (χ1n) is 5.71. The molecule has 0 aliphatic carbocycles. The number of benzene rings is 1. The maximum atomic E-state index is 8.83. The van der Waals surface area contributed by atoms with Gasteiger partial charge in [0, 0.05) is 10.5 Å². The molecule has 19 heavy (non-hydrogen) atoms. The Kier molecular flexibility index (Phi) is 3.80. The highest BCUT2D eigenvalue weighted by molar-refractivity contribution is 7.99. The third-order valence-electron chi connectivity index (χ3n) is 2.72. The first kappa shape index (κ1) is 13.5. The van der Waals surface area contributed by atoms with Crippen LogP contribution in [-0.4, -0.2) is 16.0 Å². The summed E-state index contributed by atoms with van der Waals surface area (Å²) in [6.07, 6.45) is 0. The zero-order valence-electron chi connectivity index (χ0n) is 11.0. The van der Waals surface area contributed by atoms with E-state index < -0.39 is 0 Å². The van der Waals surface area contributed by atoms with Crippen LogP contribution in [0.15, 0.2) is 37.9 Å². The number of aromatic nitrogens is 1. The summed E-state index contributed by atoms with van der Waals surface area (Å²) in [5, 5.41) is 12.4. The minimum atomic E-state index is 0.0752. The number of amidine groups is 1. The molecule has 100 valence electrons. The van der Waals surface area contributed by atoms with Crippen molar-refractivity contribution >= 4 is 17.6 Å². The number of hydrogen-bond donors (Lipinski definition) is 2. The van der Waals surface area contributed by atoms with Crippen molar-refractivity contribution in [1.29, 1.82) is 0 Å². The summed E-state index contributed by atoms with van der Waals surface area (Å²) in [7, 11) is 0. The summed E-state index contributed by atoms with van der Waals surface area (Å²) in [6.45, 7) is 5.70. The van der Waals surface area contributed by atoms with Crippen molar-refractivity contribution in [1.82, 2.24) is 4.98 Å². The van der Waals surface area contributed by atoms with Gasteiger partial charge in [-0.15, -0.1) is 0 Å². The Labute approximate surface area is 115 Å². The van der Waals surface area contributed by atoms with Crippen molar-refractivity contribution in [2.45, 2.75) is 30.9 Å². The zero-order chi connectivity index (χ0) is 14.0. The van der Waals surface area contributed by atoms with Crippen molar-refractivity contribution in [2.24, 2.45) is 10.9 Å². The lowest BCUT2D eigenvalue weighted by molar-refractivity contribution is 0.318. The molecule has 6 heteroatoms. The van der Waals surface area contributed by atoms with E-state index in [1.165, 1.54) is 11.8 Å². The SMILES string of the molecule is Cc1ccc(Sc2nc(C)c(C)o2)c(/C(N)=N/O)c1. The maximum Gasteiger partial charge on any atom is 0.261 e. The number of oxime groups is 1. The molecule has 0 saturated carbocycles. The lowest BCUT2D eigenvalue weighted by atomic mass is 10.1. The molecule has 0 unspecified atom stereocenters. The van der Waals surface area contributed by atoms with Gasteiger partial charge in [-0.05, 0) is 44.7 Å². The van der Waals surface area contributed by atoms with Crippen molar-refractivity contribution in [3.63, 3.8) is 0 Å². The monoisotopic (exact) mass is 277 g/mol. The van der Waals surface area contributed by atoms with Crippen LogP contribution in [-0.2, 0) is 0 Å². The molecule has 1 aromatic heterocycles. The standard InChI is InChI=1S/C13H15N3O2S/c1-7-4-5-11(10(6-7)12(14)16-17)19-13-15-8(2)9(3)18-13/h4-6,17H,1-3H3,(H2,14,16). The maximum absolute atomic E-state index is 8.83. The van der Waals surface area contributed by atoms with Gasteiger partial charge in [-0.1, -0.05) is 16.8 Å². The lowest BCUT2D eigenvalue weighted by Gasteiger charge is -2.06. The minimum Gasteiger partial charge on any atom is -0.436 e. The van der Waals surface area contributed by atoms with Crippen molar-refractivity contribution < 1.29 is 9.62 Å². The van der Waals surface area contributed by atoms with Crippen molar-refractivity contribution in [2.75, 3.05) is 0 Å². The second-order valence-electron chi connectivity index (χ2n) is 4.21. The molecule has 2 aromatic rings. The molecule has 0 radical (unpaired) electrons. The van der Waals surface area contributed by atoms with E-state index in [0.717, 1.165) is 21.9 Å². The van der Waals surface area contributed by atoms with Gasteiger partial charge in [0.2, 0.25) is 0 Å². The first-order chi connectivity index (χ1) is 9.01. The van der Waals surface area contributed by atoms with Gasteiger partial charge in [-0.3, -0.25) is 0 Å². The summed E-state index contributed by atoms with van der Waals surface area (Å²) in [5.41, 5.74) is 8.25. The van der Waals surface area contributed by atoms with Crippen molar-refractivity contribution in [3.05, 3.63) is 40.8 Å². The van der Waals surface area contributed by atoms with Crippen molar-refractivity contribution in [3.8, 4) is 0 Å². The highest BCUT2D eigenvalue weighted by atomic mass is 32.2. The van der Waals surface area contributed by atoms with Gasteiger partial charge in [0.1, 0.15) is 5.76 Å². The van der Waals surface area contributed by atoms with Crippen LogP contribution in [0.25, 0.3) is 0 Å². The molecular formula is C13H15N3O2S. The van der Waals surface area contributed by atoms with E-state index in [4.69, 9.17) is 15.4 Å². The van der Waals surface area contributed by atoms with Gasteiger partial charge in [0.15, 0.2) is 5.84 Å². The van der Waals surface area contributed by atoms with Crippen LogP contribution in [0.5, 0.6) is 0 Å². The van der Waals surface area contributed by atoms with E-state index in [0.29, 0.717) is 10.8 Å². The number of aryl methyl sites for hydroxylation is 3. The topological polar surface area (TPSA) is 84.6 Å². The van der Waals surface area contributed by atoms with Gasteiger partial charge < -0.3 is 15.4 Å². The third-order valence-corrected chi connectivity index (χ3v) is 3.65. The molecule has 0 fully saturated rings.